The number of carboxylic acids is 1. The maximum atomic E-state index is 12.2. The number of aromatic carboxylic acids is 1. The van der Waals surface area contributed by atoms with Crippen LogP contribution in [0.2, 0.25) is 0 Å². The highest BCUT2D eigenvalue weighted by atomic mass is 32.2. The monoisotopic (exact) mass is 339 g/mol. The van der Waals surface area contributed by atoms with Gasteiger partial charge in [0.1, 0.15) is 16.3 Å². The quantitative estimate of drug-likeness (QED) is 0.817. The summed E-state index contributed by atoms with van der Waals surface area (Å²) in [5.74, 6) is -0.683. The third kappa shape index (κ3) is 3.74. The highest BCUT2D eigenvalue weighted by Gasteiger charge is 2.20. The van der Waals surface area contributed by atoms with Crippen LogP contribution in [0.5, 0.6) is 0 Å². The second kappa shape index (κ2) is 6.47. The zero-order valence-electron chi connectivity index (χ0n) is 12.9. The molecule has 0 fully saturated rings. The SMILES string of the molecule is Cc1noc(C)c1C(C)CNS(=O)(=O)c1ccc(C(=O)O)nc1. The van der Waals surface area contributed by atoms with Crippen molar-refractivity contribution in [3.63, 3.8) is 0 Å². The molecule has 2 N–H and O–H groups in total. The fourth-order valence-corrected chi connectivity index (χ4v) is 3.35. The van der Waals surface area contributed by atoms with E-state index in [1.165, 1.54) is 6.07 Å². The Morgan fingerprint density at radius 3 is 2.57 bits per heavy atom. The summed E-state index contributed by atoms with van der Waals surface area (Å²) in [4.78, 5) is 14.2. The minimum absolute atomic E-state index is 0.0894. The number of sulfonamides is 1. The smallest absolute Gasteiger partial charge is 0.354 e. The van der Waals surface area contributed by atoms with Crippen LogP contribution in [0.1, 0.15) is 40.3 Å². The number of aromatic nitrogens is 2. The lowest BCUT2D eigenvalue weighted by atomic mass is 10.0. The summed E-state index contributed by atoms with van der Waals surface area (Å²) in [5.41, 5.74) is 1.38. The minimum atomic E-state index is -3.77. The van der Waals surface area contributed by atoms with Gasteiger partial charge in [0.2, 0.25) is 10.0 Å². The zero-order chi connectivity index (χ0) is 17.2. The molecule has 1 atom stereocenters. The van der Waals surface area contributed by atoms with Crippen LogP contribution in [0.3, 0.4) is 0 Å². The van der Waals surface area contributed by atoms with Crippen LogP contribution in [0.4, 0.5) is 0 Å². The van der Waals surface area contributed by atoms with E-state index in [0.717, 1.165) is 23.5 Å². The number of pyridine rings is 1. The van der Waals surface area contributed by atoms with Crippen molar-refractivity contribution in [2.45, 2.75) is 31.6 Å². The summed E-state index contributed by atoms with van der Waals surface area (Å²) in [6.45, 7) is 5.59. The lowest BCUT2D eigenvalue weighted by Gasteiger charge is -2.13. The second-order valence-corrected chi connectivity index (χ2v) is 6.94. The molecule has 0 aliphatic rings. The van der Waals surface area contributed by atoms with Crippen LogP contribution in [0, 0.1) is 13.8 Å². The van der Waals surface area contributed by atoms with Crippen LogP contribution in [0.25, 0.3) is 0 Å². The van der Waals surface area contributed by atoms with Gasteiger partial charge in [-0.1, -0.05) is 12.1 Å². The summed E-state index contributed by atoms with van der Waals surface area (Å²) in [6.07, 6.45) is 1.02. The van der Waals surface area contributed by atoms with Crippen LogP contribution in [-0.2, 0) is 10.0 Å². The first kappa shape index (κ1) is 17.1. The van der Waals surface area contributed by atoms with Crippen molar-refractivity contribution in [1.29, 1.82) is 0 Å². The number of hydrogen-bond acceptors (Lipinski definition) is 6. The summed E-state index contributed by atoms with van der Waals surface area (Å²) in [7, 11) is -3.77. The molecule has 0 saturated heterocycles. The molecule has 0 radical (unpaired) electrons. The van der Waals surface area contributed by atoms with Gasteiger partial charge in [-0.3, -0.25) is 0 Å². The largest absolute Gasteiger partial charge is 0.477 e. The standard InChI is InChI=1S/C14H17N3O5S/c1-8(13-9(2)17-22-10(13)3)6-16-23(20,21)11-4-5-12(14(18)19)15-7-11/h4-5,7-8,16H,6H2,1-3H3,(H,18,19). The Morgan fingerprint density at radius 1 is 1.39 bits per heavy atom. The van der Waals surface area contributed by atoms with E-state index < -0.39 is 16.0 Å². The van der Waals surface area contributed by atoms with Crippen molar-refractivity contribution < 1.29 is 22.8 Å². The average Bonchev–Trinajstić information content (AvgIpc) is 2.84. The third-order valence-corrected chi connectivity index (χ3v) is 4.84. The normalized spacial score (nSPS) is 13.0. The molecule has 0 aromatic carbocycles. The van der Waals surface area contributed by atoms with E-state index in [1.807, 2.05) is 6.92 Å². The van der Waals surface area contributed by atoms with Gasteiger partial charge in [-0.05, 0) is 31.9 Å². The Balaban J connectivity index is 2.11. The Hall–Kier alpha value is -2.26. The lowest BCUT2D eigenvalue weighted by molar-refractivity contribution is 0.0690. The molecule has 1 unspecified atom stereocenters. The molecule has 8 nitrogen and oxygen atoms in total. The van der Waals surface area contributed by atoms with Gasteiger partial charge < -0.3 is 9.63 Å². The van der Waals surface area contributed by atoms with E-state index in [1.54, 1.807) is 13.8 Å². The van der Waals surface area contributed by atoms with E-state index in [-0.39, 0.29) is 23.1 Å². The first-order valence-electron chi connectivity index (χ1n) is 6.84. The van der Waals surface area contributed by atoms with Gasteiger partial charge in [-0.25, -0.2) is 22.9 Å². The number of aryl methyl sites for hydroxylation is 2. The zero-order valence-corrected chi connectivity index (χ0v) is 13.7. The highest BCUT2D eigenvalue weighted by molar-refractivity contribution is 7.89. The van der Waals surface area contributed by atoms with E-state index in [2.05, 4.69) is 14.9 Å². The van der Waals surface area contributed by atoms with E-state index >= 15 is 0 Å². The number of hydrogen-bond donors (Lipinski definition) is 2. The summed E-state index contributed by atoms with van der Waals surface area (Å²) in [6, 6.07) is 2.36. The molecule has 23 heavy (non-hydrogen) atoms. The fourth-order valence-electron chi connectivity index (χ4n) is 2.28. The number of carboxylic acid groups (broad SMARTS) is 1. The molecule has 0 amide bonds. The van der Waals surface area contributed by atoms with Crippen molar-refractivity contribution >= 4 is 16.0 Å². The molecule has 2 rings (SSSR count). The first-order chi connectivity index (χ1) is 10.7. The number of nitrogens with one attached hydrogen (secondary N) is 1. The van der Waals surface area contributed by atoms with Gasteiger partial charge in [0.25, 0.3) is 0 Å². The van der Waals surface area contributed by atoms with Gasteiger partial charge in [-0.2, -0.15) is 0 Å². The summed E-state index contributed by atoms with van der Waals surface area (Å²) in [5, 5.41) is 12.6. The van der Waals surface area contributed by atoms with Gasteiger partial charge in [-0.15, -0.1) is 0 Å². The Morgan fingerprint density at radius 2 is 2.09 bits per heavy atom. The van der Waals surface area contributed by atoms with E-state index in [4.69, 9.17) is 9.63 Å². The topological polar surface area (TPSA) is 122 Å². The number of rotatable bonds is 6. The molecule has 0 aliphatic heterocycles. The molecule has 0 bridgehead atoms. The van der Waals surface area contributed by atoms with Crippen LogP contribution in [0.15, 0.2) is 27.7 Å². The maximum Gasteiger partial charge on any atom is 0.354 e. The fraction of sp³-hybridized carbons (Fsp3) is 0.357. The van der Waals surface area contributed by atoms with Crippen molar-refractivity contribution in [3.8, 4) is 0 Å². The lowest BCUT2D eigenvalue weighted by Crippen LogP contribution is -2.28. The van der Waals surface area contributed by atoms with Crippen LogP contribution >= 0.6 is 0 Å². The van der Waals surface area contributed by atoms with Gasteiger partial charge in [0.05, 0.1) is 5.69 Å². The molecular formula is C14H17N3O5S. The van der Waals surface area contributed by atoms with Crippen molar-refractivity contribution in [3.05, 3.63) is 41.0 Å². The highest BCUT2D eigenvalue weighted by Crippen LogP contribution is 2.22. The molecule has 124 valence electrons. The van der Waals surface area contributed by atoms with Crippen molar-refractivity contribution in [2.24, 2.45) is 0 Å². The molecule has 0 saturated carbocycles. The van der Waals surface area contributed by atoms with E-state index in [9.17, 15) is 13.2 Å². The molecule has 0 aliphatic carbocycles. The Kier molecular flexibility index (Phi) is 4.81. The van der Waals surface area contributed by atoms with Gasteiger partial charge in [0.15, 0.2) is 0 Å². The van der Waals surface area contributed by atoms with Gasteiger partial charge >= 0.3 is 5.97 Å². The van der Waals surface area contributed by atoms with Crippen molar-refractivity contribution in [1.82, 2.24) is 14.9 Å². The number of nitrogens with zero attached hydrogens (tertiary/aromatic N) is 2. The van der Waals surface area contributed by atoms with Crippen LogP contribution in [-0.4, -0.2) is 36.2 Å². The summed E-state index contributed by atoms with van der Waals surface area (Å²) >= 11 is 0. The maximum absolute atomic E-state index is 12.2. The molecule has 2 heterocycles. The second-order valence-electron chi connectivity index (χ2n) is 5.18. The average molecular weight is 339 g/mol. The molecule has 9 heteroatoms. The molecule has 2 aromatic heterocycles. The number of carbonyl (C=O) groups is 1. The first-order valence-corrected chi connectivity index (χ1v) is 8.32. The minimum Gasteiger partial charge on any atom is -0.477 e. The Labute approximate surface area is 133 Å². The molecule has 0 spiro atoms. The van der Waals surface area contributed by atoms with Crippen molar-refractivity contribution in [2.75, 3.05) is 6.54 Å². The summed E-state index contributed by atoms with van der Waals surface area (Å²) < 4.78 is 32.0. The molecule has 2 aromatic rings. The van der Waals surface area contributed by atoms with Gasteiger partial charge in [0, 0.05) is 18.3 Å². The molecular weight excluding hydrogens is 322 g/mol. The van der Waals surface area contributed by atoms with Crippen LogP contribution < -0.4 is 4.72 Å². The Bertz CT molecular complexity index is 792. The predicted molar refractivity (Wildman–Crippen MR) is 80.8 cm³/mol. The third-order valence-electron chi connectivity index (χ3n) is 3.43. The predicted octanol–water partition coefficient (Wildman–Crippen LogP) is 1.47. The van der Waals surface area contributed by atoms with E-state index in [0.29, 0.717) is 5.76 Å².